The molecule has 1 aliphatic carbocycles. The molecule has 2 aromatic carbocycles. The number of allylic oxidation sites excluding steroid dienone is 2. The van der Waals surface area contributed by atoms with Crippen LogP contribution in [-0.4, -0.2) is 45.1 Å². The van der Waals surface area contributed by atoms with Crippen molar-refractivity contribution in [2.24, 2.45) is 17.8 Å². The molecule has 0 unspecified atom stereocenters. The number of thiophene rings is 1. The van der Waals surface area contributed by atoms with Gasteiger partial charge < -0.3 is 14.8 Å². The standard InChI is InChI=1S/C37H37BN2O5S/c1-2-8-25-20-29-35(37(43)40(36(29)42)22-26-9-7-18-46-26)30-21-38(44)45-33(34(25)30)16-14-24(31-12-5-6-17-39-31)19-23-13-15-32(41)28-11-4-3-10-27(23)28/h3-7,9-13,15,17-19,29-30,33,35,41,44H,2,8,14,16,20-22H2,1H3/b24-19-/t29-,30+,33-,35-/m1/s1. The molecule has 4 heterocycles. The van der Waals surface area contributed by atoms with Crippen molar-refractivity contribution in [3.8, 4) is 5.75 Å². The third kappa shape index (κ3) is 5.72. The number of benzene rings is 2. The number of nitrogens with zero attached hydrogens (tertiary/aromatic N) is 2. The van der Waals surface area contributed by atoms with Gasteiger partial charge in [0, 0.05) is 16.5 Å². The Hall–Kier alpha value is -4.05. The van der Waals surface area contributed by atoms with Crippen molar-refractivity contribution in [3.05, 3.63) is 106 Å². The van der Waals surface area contributed by atoms with E-state index < -0.39 is 13.0 Å². The first kappa shape index (κ1) is 30.6. The Morgan fingerprint density at radius 3 is 2.63 bits per heavy atom. The molecule has 0 saturated carbocycles. The molecule has 2 amide bonds. The second-order valence-electron chi connectivity index (χ2n) is 12.6. The summed E-state index contributed by atoms with van der Waals surface area (Å²) in [5.74, 6) is -1.07. The fraction of sp³-hybridized carbons (Fsp3) is 0.324. The third-order valence-electron chi connectivity index (χ3n) is 9.78. The van der Waals surface area contributed by atoms with Gasteiger partial charge in [0.1, 0.15) is 5.75 Å². The lowest BCUT2D eigenvalue weighted by atomic mass is 9.58. The van der Waals surface area contributed by atoms with E-state index in [0.29, 0.717) is 32.1 Å². The fourth-order valence-corrected chi connectivity index (χ4v) is 8.51. The van der Waals surface area contributed by atoms with Crippen molar-refractivity contribution < 1.29 is 24.4 Å². The molecule has 2 aliphatic heterocycles. The Morgan fingerprint density at radius 1 is 1.04 bits per heavy atom. The van der Waals surface area contributed by atoms with Crippen molar-refractivity contribution in [3.63, 3.8) is 0 Å². The van der Waals surface area contributed by atoms with Gasteiger partial charge in [-0.05, 0) is 95.7 Å². The number of fused-ring (bicyclic) bond motifs is 4. The Labute approximate surface area is 273 Å². The van der Waals surface area contributed by atoms with Crippen LogP contribution in [0.15, 0.2) is 89.5 Å². The summed E-state index contributed by atoms with van der Waals surface area (Å²) in [5.41, 5.74) is 5.15. The number of rotatable bonds is 9. The van der Waals surface area contributed by atoms with Crippen molar-refractivity contribution >= 4 is 52.7 Å². The average molecular weight is 633 g/mol. The summed E-state index contributed by atoms with van der Waals surface area (Å²) in [6, 6.07) is 21.2. The van der Waals surface area contributed by atoms with Crippen LogP contribution in [0.5, 0.6) is 5.75 Å². The zero-order chi connectivity index (χ0) is 31.8. The van der Waals surface area contributed by atoms with E-state index in [0.717, 1.165) is 50.9 Å². The number of carbonyl (C=O) groups is 2. The second-order valence-corrected chi connectivity index (χ2v) is 13.6. The van der Waals surface area contributed by atoms with Gasteiger partial charge in [0.15, 0.2) is 0 Å². The smallest absolute Gasteiger partial charge is 0.455 e. The van der Waals surface area contributed by atoms with Gasteiger partial charge in [-0.2, -0.15) is 0 Å². The molecule has 2 aromatic heterocycles. The fourth-order valence-electron chi connectivity index (χ4n) is 7.82. The number of imide groups is 1. The van der Waals surface area contributed by atoms with Crippen molar-refractivity contribution in [1.29, 1.82) is 0 Å². The molecule has 9 heteroatoms. The predicted molar refractivity (Wildman–Crippen MR) is 182 cm³/mol. The third-order valence-corrected chi connectivity index (χ3v) is 10.6. The summed E-state index contributed by atoms with van der Waals surface area (Å²) < 4.78 is 6.29. The maximum absolute atomic E-state index is 13.9. The quantitative estimate of drug-likeness (QED) is 0.116. The molecule has 3 aliphatic rings. The normalized spacial score (nSPS) is 23.3. The first-order valence-corrected chi connectivity index (χ1v) is 17.1. The van der Waals surface area contributed by atoms with E-state index in [1.54, 1.807) is 23.6 Å². The number of aromatic nitrogens is 1. The number of hydrogen-bond donors (Lipinski definition) is 2. The van der Waals surface area contributed by atoms with Crippen LogP contribution in [0, 0.1) is 17.8 Å². The van der Waals surface area contributed by atoms with E-state index >= 15 is 0 Å². The molecule has 4 atom stereocenters. The highest BCUT2D eigenvalue weighted by Gasteiger charge is 2.57. The second kappa shape index (κ2) is 13.0. The van der Waals surface area contributed by atoms with Crippen molar-refractivity contribution in [2.45, 2.75) is 58.0 Å². The molecule has 7 nitrogen and oxygen atoms in total. The molecular formula is C37H37BN2O5S. The van der Waals surface area contributed by atoms with Crippen molar-refractivity contribution in [2.75, 3.05) is 0 Å². The highest BCUT2D eigenvalue weighted by Crippen LogP contribution is 2.52. The Bertz CT molecular complexity index is 1820. The molecular weight excluding hydrogens is 595 g/mol. The minimum Gasteiger partial charge on any atom is -0.507 e. The van der Waals surface area contributed by atoms with E-state index in [4.69, 9.17) is 4.65 Å². The number of carbonyl (C=O) groups excluding carboxylic acids is 2. The van der Waals surface area contributed by atoms with E-state index in [9.17, 15) is 19.7 Å². The lowest BCUT2D eigenvalue weighted by Crippen LogP contribution is -2.46. The van der Waals surface area contributed by atoms with Crippen LogP contribution < -0.4 is 0 Å². The van der Waals surface area contributed by atoms with Crippen LogP contribution in [-0.2, 0) is 20.8 Å². The number of pyridine rings is 1. The molecule has 0 spiro atoms. The molecule has 2 N–H and O–H groups in total. The molecule has 46 heavy (non-hydrogen) atoms. The molecule has 4 aromatic rings. The number of amides is 2. The minimum atomic E-state index is -1.02. The minimum absolute atomic E-state index is 0.0879. The summed E-state index contributed by atoms with van der Waals surface area (Å²) >= 11 is 1.55. The van der Waals surface area contributed by atoms with Gasteiger partial charge in [0.25, 0.3) is 0 Å². The van der Waals surface area contributed by atoms with Gasteiger partial charge in [0.05, 0.1) is 30.2 Å². The van der Waals surface area contributed by atoms with E-state index in [1.807, 2.05) is 66.0 Å². The summed E-state index contributed by atoms with van der Waals surface area (Å²) in [6.45, 7) is 2.44. The number of likely N-dealkylation sites (tertiary alicyclic amines) is 1. The first-order chi connectivity index (χ1) is 22.4. The summed E-state index contributed by atoms with van der Waals surface area (Å²) in [4.78, 5) is 34.7. The van der Waals surface area contributed by atoms with Crippen LogP contribution in [0.3, 0.4) is 0 Å². The Balaban J connectivity index is 1.22. The number of phenolic OH excluding ortho intramolecular Hbond substituents is 1. The summed E-state index contributed by atoms with van der Waals surface area (Å²) in [6.07, 6.45) is 7.37. The maximum Gasteiger partial charge on any atom is 0.455 e. The van der Waals surface area contributed by atoms with E-state index in [-0.39, 0.29) is 35.5 Å². The number of phenols is 1. The number of aromatic hydroxyl groups is 1. The van der Waals surface area contributed by atoms with Gasteiger partial charge in [0.2, 0.25) is 11.8 Å². The molecule has 234 valence electrons. The maximum atomic E-state index is 13.9. The zero-order valence-electron chi connectivity index (χ0n) is 25.8. The van der Waals surface area contributed by atoms with Gasteiger partial charge in [-0.3, -0.25) is 19.5 Å². The summed E-state index contributed by atoms with van der Waals surface area (Å²) in [7, 11) is -1.02. The Kier molecular flexibility index (Phi) is 8.64. The van der Waals surface area contributed by atoms with Crippen LogP contribution in [0.2, 0.25) is 6.32 Å². The largest absolute Gasteiger partial charge is 0.507 e. The van der Waals surface area contributed by atoms with Gasteiger partial charge >= 0.3 is 7.12 Å². The van der Waals surface area contributed by atoms with Crippen LogP contribution in [0.25, 0.3) is 22.4 Å². The molecule has 2 saturated heterocycles. The lowest BCUT2D eigenvalue weighted by Gasteiger charge is -2.43. The molecule has 2 fully saturated rings. The molecule has 0 bridgehead atoms. The van der Waals surface area contributed by atoms with Crippen LogP contribution in [0.4, 0.5) is 0 Å². The highest BCUT2D eigenvalue weighted by atomic mass is 32.1. The Morgan fingerprint density at radius 2 is 1.87 bits per heavy atom. The zero-order valence-corrected chi connectivity index (χ0v) is 26.7. The topological polar surface area (TPSA) is 100.0 Å². The number of hydrogen-bond acceptors (Lipinski definition) is 7. The lowest BCUT2D eigenvalue weighted by molar-refractivity contribution is -0.140. The molecule has 0 radical (unpaired) electrons. The van der Waals surface area contributed by atoms with E-state index in [2.05, 4.69) is 18.0 Å². The monoisotopic (exact) mass is 632 g/mol. The molecule has 7 rings (SSSR count). The van der Waals surface area contributed by atoms with Crippen LogP contribution in [0.1, 0.15) is 55.2 Å². The van der Waals surface area contributed by atoms with Crippen molar-refractivity contribution in [1.82, 2.24) is 9.88 Å². The van der Waals surface area contributed by atoms with Gasteiger partial charge in [-0.1, -0.05) is 61.4 Å². The summed E-state index contributed by atoms with van der Waals surface area (Å²) in [5, 5.41) is 25.2. The highest BCUT2D eigenvalue weighted by molar-refractivity contribution is 7.09. The first-order valence-electron chi connectivity index (χ1n) is 16.2. The predicted octanol–water partition coefficient (Wildman–Crippen LogP) is 7.12. The van der Waals surface area contributed by atoms with Gasteiger partial charge in [-0.15, -0.1) is 11.3 Å². The SMILES string of the molecule is CCCC1=C2[C@@H](CC/C(=C/c3ccc(O)c4ccccc34)c3ccccn3)OB(O)C[C@@H]2[C@@H]2C(=O)N(Cc3cccs3)C(=O)[C@@H]2C1. The average Bonchev–Trinajstić information content (AvgIpc) is 3.67. The van der Waals surface area contributed by atoms with Crippen LogP contribution >= 0.6 is 11.3 Å². The van der Waals surface area contributed by atoms with E-state index in [1.165, 1.54) is 10.5 Å². The van der Waals surface area contributed by atoms with Gasteiger partial charge in [-0.25, -0.2) is 0 Å².